The molecule has 1 amide bonds. The van der Waals surface area contributed by atoms with Gasteiger partial charge in [0.15, 0.2) is 0 Å². The highest BCUT2D eigenvalue weighted by Gasteiger charge is 2.29. The van der Waals surface area contributed by atoms with Crippen LogP contribution in [0.2, 0.25) is 0 Å². The van der Waals surface area contributed by atoms with Gasteiger partial charge >= 0.3 is 0 Å². The first-order valence-corrected chi connectivity index (χ1v) is 13.5. The highest BCUT2D eigenvalue weighted by Crippen LogP contribution is 2.27. The number of hydrogen-bond acceptors (Lipinski definition) is 5. The van der Waals surface area contributed by atoms with Crippen molar-refractivity contribution in [1.82, 2.24) is 14.5 Å². The van der Waals surface area contributed by atoms with Crippen molar-refractivity contribution in [3.05, 3.63) is 54.0 Å². The number of sulfonamides is 1. The Morgan fingerprint density at radius 3 is 2.36 bits per heavy atom. The molecule has 1 saturated heterocycles. The molecule has 0 spiro atoms. The molecular formula is C25H35N3O4S. The van der Waals surface area contributed by atoms with E-state index in [4.69, 9.17) is 4.42 Å². The summed E-state index contributed by atoms with van der Waals surface area (Å²) in [6.45, 7) is 2.42. The van der Waals surface area contributed by atoms with E-state index >= 15 is 0 Å². The second-order valence-corrected chi connectivity index (χ2v) is 11.2. The van der Waals surface area contributed by atoms with E-state index in [9.17, 15) is 13.2 Å². The van der Waals surface area contributed by atoms with Crippen LogP contribution in [0.4, 0.5) is 0 Å². The molecule has 1 aliphatic heterocycles. The zero-order chi connectivity index (χ0) is 23.3. The number of furan rings is 1. The number of likely N-dealkylation sites (tertiary alicyclic amines) is 1. The summed E-state index contributed by atoms with van der Waals surface area (Å²) in [6, 6.07) is 10.1. The molecular weight excluding hydrogens is 438 g/mol. The molecule has 1 aliphatic carbocycles. The van der Waals surface area contributed by atoms with Gasteiger partial charge in [0, 0.05) is 25.2 Å². The van der Waals surface area contributed by atoms with Crippen LogP contribution in [0.1, 0.15) is 73.5 Å². The van der Waals surface area contributed by atoms with Gasteiger partial charge in [0.1, 0.15) is 5.76 Å². The molecule has 1 N–H and O–H groups in total. The predicted octanol–water partition coefficient (Wildman–Crippen LogP) is 4.19. The normalized spacial score (nSPS) is 19.5. The Kier molecular flexibility index (Phi) is 7.88. The molecule has 1 aromatic heterocycles. The van der Waals surface area contributed by atoms with E-state index in [2.05, 4.69) is 10.2 Å². The molecule has 2 heterocycles. The Morgan fingerprint density at radius 1 is 1.06 bits per heavy atom. The number of carbonyl (C=O) groups is 1. The number of rotatable bonds is 8. The van der Waals surface area contributed by atoms with Crippen LogP contribution in [0.25, 0.3) is 0 Å². The van der Waals surface area contributed by atoms with Crippen molar-refractivity contribution in [3.8, 4) is 0 Å². The van der Waals surface area contributed by atoms with Crippen molar-refractivity contribution in [1.29, 1.82) is 0 Å². The van der Waals surface area contributed by atoms with Gasteiger partial charge in [-0.15, -0.1) is 0 Å². The number of benzene rings is 1. The van der Waals surface area contributed by atoms with Gasteiger partial charge in [0.25, 0.3) is 5.91 Å². The summed E-state index contributed by atoms with van der Waals surface area (Å²) >= 11 is 0. The van der Waals surface area contributed by atoms with Gasteiger partial charge in [-0.2, -0.15) is 4.31 Å². The molecule has 2 aliphatic rings. The van der Waals surface area contributed by atoms with Crippen molar-refractivity contribution >= 4 is 15.9 Å². The summed E-state index contributed by atoms with van der Waals surface area (Å²) < 4.78 is 33.2. The molecule has 0 bridgehead atoms. The third-order valence-corrected chi connectivity index (χ3v) is 8.97. The van der Waals surface area contributed by atoms with E-state index in [1.807, 2.05) is 12.1 Å². The Morgan fingerprint density at radius 2 is 1.73 bits per heavy atom. The van der Waals surface area contributed by atoms with Gasteiger partial charge in [-0.1, -0.05) is 25.7 Å². The lowest BCUT2D eigenvalue weighted by Gasteiger charge is -2.33. The van der Waals surface area contributed by atoms with E-state index in [0.29, 0.717) is 12.1 Å². The zero-order valence-electron chi connectivity index (χ0n) is 19.4. The van der Waals surface area contributed by atoms with Crippen molar-refractivity contribution in [3.63, 3.8) is 0 Å². The predicted molar refractivity (Wildman–Crippen MR) is 127 cm³/mol. The summed E-state index contributed by atoms with van der Waals surface area (Å²) in [5.74, 6) is 0.637. The third-order valence-electron chi connectivity index (χ3n) is 7.04. The lowest BCUT2D eigenvalue weighted by molar-refractivity contribution is 0.0914. The third kappa shape index (κ3) is 5.67. The largest absolute Gasteiger partial charge is 0.468 e. The second-order valence-electron chi connectivity index (χ2n) is 9.18. The first-order valence-electron chi connectivity index (χ1n) is 12.1. The number of amides is 1. The molecule has 2 fully saturated rings. The van der Waals surface area contributed by atoms with E-state index in [1.165, 1.54) is 29.3 Å². The average Bonchev–Trinajstić information content (AvgIpc) is 3.39. The summed E-state index contributed by atoms with van der Waals surface area (Å²) in [6.07, 6.45) is 10.3. The average molecular weight is 474 g/mol. The van der Waals surface area contributed by atoms with E-state index in [1.54, 1.807) is 25.4 Å². The number of nitrogens with zero attached hydrogens (tertiary/aromatic N) is 2. The van der Waals surface area contributed by atoms with Crippen LogP contribution >= 0.6 is 0 Å². The molecule has 1 aromatic carbocycles. The highest BCUT2D eigenvalue weighted by molar-refractivity contribution is 7.89. The van der Waals surface area contributed by atoms with Gasteiger partial charge in [0.05, 0.1) is 17.2 Å². The molecule has 0 radical (unpaired) electrons. The van der Waals surface area contributed by atoms with Gasteiger partial charge in [-0.3, -0.25) is 9.69 Å². The first kappa shape index (κ1) is 24.0. The Balaban J connectivity index is 1.40. The number of nitrogens with one attached hydrogen (secondary N) is 1. The maximum Gasteiger partial charge on any atom is 0.251 e. The lowest BCUT2D eigenvalue weighted by Crippen LogP contribution is -2.40. The molecule has 2 aromatic rings. The standard InChI is InChI=1S/C25H35N3O4S/c1-27(21-9-4-2-5-10-21)33(30,31)22-14-12-20(13-15-22)25(29)26-19-23(24-11-8-18-32-24)28-16-6-3-7-17-28/h8,11-15,18,21,23H,2-7,9-10,16-17,19H2,1H3,(H,26,29)/t23-/m1/s1. The van der Waals surface area contributed by atoms with Crippen molar-refractivity contribution in [2.45, 2.75) is 68.3 Å². The molecule has 0 unspecified atom stereocenters. The molecule has 1 saturated carbocycles. The van der Waals surface area contributed by atoms with Gasteiger partial charge in [0.2, 0.25) is 10.0 Å². The Bertz CT molecular complexity index is 993. The van der Waals surface area contributed by atoms with Gasteiger partial charge < -0.3 is 9.73 Å². The lowest BCUT2D eigenvalue weighted by atomic mass is 9.96. The molecule has 7 nitrogen and oxygen atoms in total. The van der Waals surface area contributed by atoms with Gasteiger partial charge in [-0.05, 0) is 75.2 Å². The molecule has 4 rings (SSSR count). The molecule has 180 valence electrons. The monoisotopic (exact) mass is 473 g/mol. The van der Waals surface area contributed by atoms with Gasteiger partial charge in [-0.25, -0.2) is 8.42 Å². The van der Waals surface area contributed by atoms with Crippen molar-refractivity contribution in [2.24, 2.45) is 0 Å². The van der Waals surface area contributed by atoms with Crippen molar-refractivity contribution in [2.75, 3.05) is 26.7 Å². The van der Waals surface area contributed by atoms with Crippen LogP contribution in [0.5, 0.6) is 0 Å². The van der Waals surface area contributed by atoms with Crippen LogP contribution in [0.15, 0.2) is 52.0 Å². The molecule has 8 heteroatoms. The fourth-order valence-corrected chi connectivity index (χ4v) is 6.41. The first-order chi connectivity index (χ1) is 16.0. The van der Waals surface area contributed by atoms with Crippen molar-refractivity contribution < 1.29 is 17.6 Å². The maximum absolute atomic E-state index is 13.0. The fraction of sp³-hybridized carbons (Fsp3) is 0.560. The van der Waals surface area contributed by atoms with E-state index < -0.39 is 10.0 Å². The maximum atomic E-state index is 13.0. The fourth-order valence-electron chi connectivity index (χ4n) is 5.00. The van der Waals surface area contributed by atoms with E-state index in [-0.39, 0.29) is 22.9 Å². The summed E-state index contributed by atoms with van der Waals surface area (Å²) in [5, 5.41) is 3.02. The Hall–Kier alpha value is -2.16. The molecule has 33 heavy (non-hydrogen) atoms. The van der Waals surface area contributed by atoms with Crippen LogP contribution in [0, 0.1) is 0 Å². The minimum Gasteiger partial charge on any atom is -0.468 e. The SMILES string of the molecule is CN(C1CCCCC1)S(=O)(=O)c1ccc(C(=O)NC[C@H](c2ccco2)N2CCCCC2)cc1. The highest BCUT2D eigenvalue weighted by atomic mass is 32.2. The van der Waals surface area contributed by atoms with Crippen LogP contribution < -0.4 is 5.32 Å². The second kappa shape index (κ2) is 10.8. The minimum absolute atomic E-state index is 0.00644. The van der Waals surface area contributed by atoms with E-state index in [0.717, 1.165) is 57.4 Å². The topological polar surface area (TPSA) is 82.9 Å². The quantitative estimate of drug-likeness (QED) is 0.622. The Labute approximate surface area is 197 Å². The zero-order valence-corrected chi connectivity index (χ0v) is 20.2. The number of carbonyl (C=O) groups excluding carboxylic acids is 1. The minimum atomic E-state index is -3.57. The van der Waals surface area contributed by atoms with Crippen LogP contribution in [-0.2, 0) is 10.0 Å². The smallest absolute Gasteiger partial charge is 0.251 e. The number of hydrogen-bond donors (Lipinski definition) is 1. The van der Waals surface area contributed by atoms with Crippen LogP contribution in [0.3, 0.4) is 0 Å². The summed E-state index contributed by atoms with van der Waals surface area (Å²) in [7, 11) is -1.90. The van der Waals surface area contributed by atoms with Crippen LogP contribution in [-0.4, -0.2) is 56.3 Å². The summed E-state index contributed by atoms with van der Waals surface area (Å²) in [5.41, 5.74) is 0.450. The number of piperidine rings is 1. The summed E-state index contributed by atoms with van der Waals surface area (Å²) in [4.78, 5) is 15.4. The molecule has 1 atom stereocenters.